The van der Waals surface area contributed by atoms with E-state index in [1.54, 1.807) is 12.3 Å². The number of carbonyl (C=O) groups is 1. The van der Waals surface area contributed by atoms with Crippen molar-refractivity contribution < 1.29 is 4.79 Å². The molecule has 1 unspecified atom stereocenters. The van der Waals surface area contributed by atoms with Crippen molar-refractivity contribution in [2.45, 2.75) is 25.4 Å². The lowest BCUT2D eigenvalue weighted by atomic mass is 10.2. The van der Waals surface area contributed by atoms with Gasteiger partial charge in [-0.15, -0.1) is 0 Å². The molecule has 1 aromatic heterocycles. The van der Waals surface area contributed by atoms with Crippen LogP contribution in [0.25, 0.3) is 0 Å². The summed E-state index contributed by atoms with van der Waals surface area (Å²) in [7, 11) is 0. The number of pyridine rings is 1. The van der Waals surface area contributed by atoms with Crippen LogP contribution in [0.2, 0.25) is 0 Å². The summed E-state index contributed by atoms with van der Waals surface area (Å²) in [5.74, 6) is -0.249. The molecule has 1 fully saturated rings. The second-order valence-electron chi connectivity index (χ2n) is 4.11. The Balaban J connectivity index is 2.06. The number of nitrogens with zero attached hydrogens (tertiary/aromatic N) is 2. The highest BCUT2D eigenvalue weighted by Crippen LogP contribution is 2.19. The van der Waals surface area contributed by atoms with Crippen LogP contribution in [-0.2, 0) is 11.3 Å². The number of anilines is 1. The Morgan fingerprint density at radius 1 is 1.62 bits per heavy atom. The molecule has 0 bridgehead atoms. The smallest absolute Gasteiger partial charge is 0.234 e. The van der Waals surface area contributed by atoms with Gasteiger partial charge in [-0.05, 0) is 31.5 Å². The molecule has 1 aliphatic heterocycles. The minimum absolute atomic E-state index is 0.150. The summed E-state index contributed by atoms with van der Waals surface area (Å²) in [5, 5.41) is 0. The number of rotatable bonds is 3. The topological polar surface area (TPSA) is 85.2 Å². The van der Waals surface area contributed by atoms with Crippen LogP contribution in [0, 0.1) is 0 Å². The zero-order valence-corrected chi connectivity index (χ0v) is 9.10. The van der Waals surface area contributed by atoms with Gasteiger partial charge >= 0.3 is 0 Å². The first-order valence-corrected chi connectivity index (χ1v) is 5.40. The van der Waals surface area contributed by atoms with Crippen molar-refractivity contribution in [2.75, 3.05) is 12.3 Å². The van der Waals surface area contributed by atoms with Gasteiger partial charge in [-0.1, -0.05) is 0 Å². The van der Waals surface area contributed by atoms with Gasteiger partial charge in [0.2, 0.25) is 5.91 Å². The third-order valence-electron chi connectivity index (χ3n) is 2.90. The molecule has 0 aromatic carbocycles. The van der Waals surface area contributed by atoms with E-state index in [0.29, 0.717) is 12.2 Å². The highest BCUT2D eigenvalue weighted by molar-refractivity contribution is 5.80. The predicted molar refractivity (Wildman–Crippen MR) is 61.3 cm³/mol. The molecule has 0 aliphatic carbocycles. The van der Waals surface area contributed by atoms with Crippen molar-refractivity contribution in [1.29, 1.82) is 0 Å². The minimum Gasteiger partial charge on any atom is -0.399 e. The molecule has 1 aromatic rings. The van der Waals surface area contributed by atoms with Gasteiger partial charge in [0.25, 0.3) is 0 Å². The summed E-state index contributed by atoms with van der Waals surface area (Å²) in [6.07, 6.45) is 3.54. The Morgan fingerprint density at radius 3 is 3.12 bits per heavy atom. The number of amides is 1. The summed E-state index contributed by atoms with van der Waals surface area (Å²) in [5.41, 5.74) is 12.6. The summed E-state index contributed by atoms with van der Waals surface area (Å²) in [6, 6.07) is 3.43. The molecule has 4 N–H and O–H groups in total. The fourth-order valence-corrected chi connectivity index (χ4v) is 2.13. The lowest BCUT2D eigenvalue weighted by Gasteiger charge is -2.21. The van der Waals surface area contributed by atoms with Crippen LogP contribution in [-0.4, -0.2) is 28.4 Å². The second-order valence-corrected chi connectivity index (χ2v) is 4.11. The number of nitrogens with two attached hydrogens (primary N) is 2. The van der Waals surface area contributed by atoms with E-state index < -0.39 is 0 Å². The van der Waals surface area contributed by atoms with E-state index in [4.69, 9.17) is 11.5 Å². The first-order chi connectivity index (χ1) is 7.66. The maximum absolute atomic E-state index is 11.2. The minimum atomic E-state index is -0.249. The van der Waals surface area contributed by atoms with E-state index in [2.05, 4.69) is 9.88 Å². The molecular formula is C11H16N4O. The van der Waals surface area contributed by atoms with Crippen molar-refractivity contribution >= 4 is 11.6 Å². The van der Waals surface area contributed by atoms with Gasteiger partial charge in [-0.25, -0.2) is 0 Å². The third kappa shape index (κ3) is 2.30. The number of likely N-dealkylation sites (tertiary alicyclic amines) is 1. The van der Waals surface area contributed by atoms with Crippen molar-refractivity contribution in [3.63, 3.8) is 0 Å². The van der Waals surface area contributed by atoms with Crippen LogP contribution in [0.5, 0.6) is 0 Å². The van der Waals surface area contributed by atoms with E-state index in [-0.39, 0.29) is 11.9 Å². The van der Waals surface area contributed by atoms with Gasteiger partial charge in [0, 0.05) is 18.4 Å². The lowest BCUT2D eigenvalue weighted by molar-refractivity contribution is -0.122. The lowest BCUT2D eigenvalue weighted by Crippen LogP contribution is -2.39. The summed E-state index contributed by atoms with van der Waals surface area (Å²) in [4.78, 5) is 17.5. The maximum Gasteiger partial charge on any atom is 0.234 e. The molecule has 1 aliphatic rings. The van der Waals surface area contributed by atoms with E-state index in [1.807, 2.05) is 6.07 Å². The highest BCUT2D eigenvalue weighted by atomic mass is 16.1. The Labute approximate surface area is 94.4 Å². The molecule has 0 saturated carbocycles. The van der Waals surface area contributed by atoms with Gasteiger partial charge in [0.15, 0.2) is 0 Å². The summed E-state index contributed by atoms with van der Waals surface area (Å²) in [6.45, 7) is 1.53. The van der Waals surface area contributed by atoms with E-state index in [9.17, 15) is 4.79 Å². The number of carbonyl (C=O) groups excluding carboxylic acids is 1. The molecule has 2 heterocycles. The number of aromatic nitrogens is 1. The molecule has 0 spiro atoms. The highest BCUT2D eigenvalue weighted by Gasteiger charge is 2.28. The first kappa shape index (κ1) is 10.9. The van der Waals surface area contributed by atoms with E-state index >= 15 is 0 Å². The molecule has 5 nitrogen and oxygen atoms in total. The average Bonchev–Trinajstić information content (AvgIpc) is 2.66. The van der Waals surface area contributed by atoms with Crippen molar-refractivity contribution in [1.82, 2.24) is 9.88 Å². The van der Waals surface area contributed by atoms with Crippen molar-refractivity contribution in [3.8, 4) is 0 Å². The van der Waals surface area contributed by atoms with Gasteiger partial charge in [-0.2, -0.15) is 0 Å². The zero-order valence-electron chi connectivity index (χ0n) is 9.10. The van der Waals surface area contributed by atoms with Gasteiger partial charge in [0.1, 0.15) is 0 Å². The summed E-state index contributed by atoms with van der Waals surface area (Å²) < 4.78 is 0. The molecule has 86 valence electrons. The number of primary amides is 1. The standard InChI is InChI=1S/C11H16N4O/c12-8-3-4-14-9(6-8)7-15-5-1-2-10(15)11(13)16/h3-4,6,10H,1-2,5,7H2,(H2,12,14)(H2,13,16). The number of nitrogen functional groups attached to an aromatic ring is 1. The average molecular weight is 220 g/mol. The number of hydrogen-bond donors (Lipinski definition) is 2. The van der Waals surface area contributed by atoms with Crippen molar-refractivity contribution in [2.24, 2.45) is 5.73 Å². The number of hydrogen-bond acceptors (Lipinski definition) is 4. The van der Waals surface area contributed by atoms with Gasteiger partial charge in [0.05, 0.1) is 11.7 Å². The third-order valence-corrected chi connectivity index (χ3v) is 2.90. The Morgan fingerprint density at radius 2 is 2.44 bits per heavy atom. The van der Waals surface area contributed by atoms with Gasteiger partial charge in [-0.3, -0.25) is 14.7 Å². The first-order valence-electron chi connectivity index (χ1n) is 5.40. The van der Waals surface area contributed by atoms with E-state index in [0.717, 1.165) is 25.1 Å². The fourth-order valence-electron chi connectivity index (χ4n) is 2.13. The SMILES string of the molecule is NC(=O)C1CCCN1Cc1cc(N)ccn1. The van der Waals surface area contributed by atoms with Crippen LogP contribution < -0.4 is 11.5 Å². The molecule has 2 rings (SSSR count). The van der Waals surface area contributed by atoms with Gasteiger partial charge < -0.3 is 11.5 Å². The molecular weight excluding hydrogens is 204 g/mol. The molecule has 0 radical (unpaired) electrons. The predicted octanol–water partition coefficient (Wildman–Crippen LogP) is 0.113. The molecule has 1 amide bonds. The van der Waals surface area contributed by atoms with Crippen LogP contribution in [0.15, 0.2) is 18.3 Å². The summed E-state index contributed by atoms with van der Waals surface area (Å²) >= 11 is 0. The molecule has 16 heavy (non-hydrogen) atoms. The normalized spacial score (nSPS) is 21.1. The fraction of sp³-hybridized carbons (Fsp3) is 0.455. The molecule has 5 heteroatoms. The molecule has 1 atom stereocenters. The van der Waals surface area contributed by atoms with Crippen LogP contribution in [0.4, 0.5) is 5.69 Å². The van der Waals surface area contributed by atoms with E-state index in [1.165, 1.54) is 0 Å². The van der Waals surface area contributed by atoms with Crippen LogP contribution in [0.3, 0.4) is 0 Å². The molecule has 1 saturated heterocycles. The monoisotopic (exact) mass is 220 g/mol. The quantitative estimate of drug-likeness (QED) is 0.757. The second kappa shape index (κ2) is 4.49. The Hall–Kier alpha value is -1.62. The van der Waals surface area contributed by atoms with Crippen LogP contribution >= 0.6 is 0 Å². The maximum atomic E-state index is 11.2. The van der Waals surface area contributed by atoms with Crippen LogP contribution in [0.1, 0.15) is 18.5 Å². The zero-order chi connectivity index (χ0) is 11.5. The Kier molecular flexibility index (Phi) is 3.05. The largest absolute Gasteiger partial charge is 0.399 e. The Bertz CT molecular complexity index is 393. The van der Waals surface area contributed by atoms with Crippen molar-refractivity contribution in [3.05, 3.63) is 24.0 Å².